The van der Waals surface area contributed by atoms with E-state index in [0.29, 0.717) is 18.2 Å². The average molecular weight is 301 g/mol. The number of anilines is 1. The molecule has 0 spiro atoms. The first kappa shape index (κ1) is 12.7. The molecule has 106 valence electrons. The maximum atomic E-state index is 12.4. The molecule has 2 aliphatic rings. The van der Waals surface area contributed by atoms with Crippen LogP contribution in [0, 0.1) is 0 Å². The molecular formula is C16H13ClN2O2. The molecule has 2 heterocycles. The number of hydrogen-bond acceptors (Lipinski definition) is 2. The predicted molar refractivity (Wildman–Crippen MR) is 80.4 cm³/mol. The number of urea groups is 1. The van der Waals surface area contributed by atoms with Crippen LogP contribution >= 0.6 is 11.6 Å². The van der Waals surface area contributed by atoms with Crippen molar-refractivity contribution in [3.63, 3.8) is 0 Å². The van der Waals surface area contributed by atoms with E-state index in [0.717, 1.165) is 16.8 Å². The summed E-state index contributed by atoms with van der Waals surface area (Å²) >= 11 is 6.17. The van der Waals surface area contributed by atoms with Gasteiger partial charge < -0.3 is 10.1 Å². The van der Waals surface area contributed by atoms with Gasteiger partial charge in [0, 0.05) is 22.7 Å². The average Bonchev–Trinajstić information content (AvgIpc) is 2.96. The van der Waals surface area contributed by atoms with Crippen molar-refractivity contribution in [1.82, 2.24) is 4.90 Å². The lowest BCUT2D eigenvalue weighted by atomic mass is 9.90. The molecule has 2 aromatic carbocycles. The molecule has 2 amide bonds. The molecule has 5 heteroatoms. The maximum Gasteiger partial charge on any atom is 0.324 e. The third-order valence-corrected chi connectivity index (χ3v) is 4.24. The van der Waals surface area contributed by atoms with Gasteiger partial charge in [0.05, 0.1) is 12.3 Å². The fourth-order valence-electron chi connectivity index (χ4n) is 3.13. The number of amides is 2. The minimum absolute atomic E-state index is 0.147. The van der Waals surface area contributed by atoms with Crippen molar-refractivity contribution in [2.45, 2.75) is 5.72 Å². The Morgan fingerprint density at radius 1 is 1.19 bits per heavy atom. The molecule has 1 atom stereocenters. The van der Waals surface area contributed by atoms with Crippen molar-refractivity contribution in [1.29, 1.82) is 0 Å². The number of hydrogen-bond donors (Lipinski definition) is 1. The summed E-state index contributed by atoms with van der Waals surface area (Å²) in [6, 6.07) is 15.1. The lowest BCUT2D eigenvalue weighted by Crippen LogP contribution is -2.52. The second kappa shape index (κ2) is 4.48. The lowest BCUT2D eigenvalue weighted by Gasteiger charge is -2.42. The van der Waals surface area contributed by atoms with Crippen LogP contribution < -0.4 is 5.32 Å². The van der Waals surface area contributed by atoms with Gasteiger partial charge in [0.1, 0.15) is 0 Å². The maximum absolute atomic E-state index is 12.4. The molecular weight excluding hydrogens is 288 g/mol. The third-order valence-electron chi connectivity index (χ3n) is 4.00. The predicted octanol–water partition coefficient (Wildman–Crippen LogP) is 3.42. The van der Waals surface area contributed by atoms with Gasteiger partial charge in [-0.05, 0) is 18.2 Å². The highest BCUT2D eigenvalue weighted by molar-refractivity contribution is 6.30. The van der Waals surface area contributed by atoms with Crippen LogP contribution in [0.15, 0.2) is 48.5 Å². The molecule has 4 nitrogen and oxygen atoms in total. The Morgan fingerprint density at radius 3 is 2.81 bits per heavy atom. The smallest absolute Gasteiger partial charge is 0.324 e. The molecule has 1 fully saturated rings. The van der Waals surface area contributed by atoms with Gasteiger partial charge in [0.15, 0.2) is 5.72 Å². The minimum atomic E-state index is -0.885. The lowest BCUT2D eigenvalue weighted by molar-refractivity contribution is -0.0325. The summed E-state index contributed by atoms with van der Waals surface area (Å²) in [5.41, 5.74) is 1.66. The number of ether oxygens (including phenoxy) is 1. The first-order chi connectivity index (χ1) is 10.2. The van der Waals surface area contributed by atoms with E-state index in [-0.39, 0.29) is 6.03 Å². The van der Waals surface area contributed by atoms with Gasteiger partial charge in [-0.3, -0.25) is 4.90 Å². The summed E-state index contributed by atoms with van der Waals surface area (Å²) in [5.74, 6) is 0. The largest absolute Gasteiger partial charge is 0.345 e. The fraction of sp³-hybridized carbons (Fsp3) is 0.188. The SMILES string of the molecule is O=C1Nc2ccc(Cl)cc2C2(c3ccccc3)OCCN12. The topological polar surface area (TPSA) is 41.6 Å². The number of halogens is 1. The highest BCUT2D eigenvalue weighted by Crippen LogP contribution is 2.47. The van der Waals surface area contributed by atoms with Gasteiger partial charge >= 0.3 is 6.03 Å². The van der Waals surface area contributed by atoms with Crippen molar-refractivity contribution in [3.8, 4) is 0 Å². The third kappa shape index (κ3) is 1.69. The van der Waals surface area contributed by atoms with Gasteiger partial charge in [-0.25, -0.2) is 4.79 Å². The Bertz CT molecular complexity index is 719. The number of carbonyl (C=O) groups is 1. The Labute approximate surface area is 127 Å². The highest BCUT2D eigenvalue weighted by Gasteiger charge is 2.52. The highest BCUT2D eigenvalue weighted by atomic mass is 35.5. The summed E-state index contributed by atoms with van der Waals surface area (Å²) in [6.45, 7) is 1.04. The summed E-state index contributed by atoms with van der Waals surface area (Å²) in [5, 5.41) is 3.52. The standard InChI is InChI=1S/C16H13ClN2O2/c17-12-6-7-14-13(10-12)16(11-4-2-1-3-5-11)19(8-9-21-16)15(20)18-14/h1-7,10H,8-9H2,(H,18,20). The van der Waals surface area contributed by atoms with Gasteiger partial charge in [0.25, 0.3) is 0 Å². The molecule has 4 rings (SSSR count). The number of nitrogens with zero attached hydrogens (tertiary/aromatic N) is 1. The Kier molecular flexibility index (Phi) is 2.71. The molecule has 1 N–H and O–H groups in total. The molecule has 0 radical (unpaired) electrons. The monoisotopic (exact) mass is 300 g/mol. The Morgan fingerprint density at radius 2 is 2.00 bits per heavy atom. The summed E-state index contributed by atoms with van der Waals surface area (Å²) < 4.78 is 6.09. The summed E-state index contributed by atoms with van der Waals surface area (Å²) in [4.78, 5) is 14.1. The van der Waals surface area contributed by atoms with Crippen LogP contribution in [0.25, 0.3) is 0 Å². The first-order valence-electron chi connectivity index (χ1n) is 6.80. The quantitative estimate of drug-likeness (QED) is 0.877. The summed E-state index contributed by atoms with van der Waals surface area (Å²) in [7, 11) is 0. The Balaban J connectivity index is 2.02. The van der Waals surface area contributed by atoms with E-state index in [1.165, 1.54) is 0 Å². The minimum Gasteiger partial charge on any atom is -0.345 e. The van der Waals surface area contributed by atoms with Crippen molar-refractivity contribution >= 4 is 23.3 Å². The molecule has 2 aliphatic heterocycles. The zero-order valence-electron chi connectivity index (χ0n) is 11.2. The van der Waals surface area contributed by atoms with E-state index in [2.05, 4.69) is 5.32 Å². The number of fused-ring (bicyclic) bond motifs is 3. The van der Waals surface area contributed by atoms with Crippen LogP contribution in [0.1, 0.15) is 11.1 Å². The zero-order valence-corrected chi connectivity index (χ0v) is 11.9. The number of rotatable bonds is 1. The van der Waals surface area contributed by atoms with Crippen molar-refractivity contribution in [2.75, 3.05) is 18.5 Å². The van der Waals surface area contributed by atoms with Crippen molar-refractivity contribution in [2.24, 2.45) is 0 Å². The normalized spacial score (nSPS) is 23.5. The molecule has 1 saturated heterocycles. The van der Waals surface area contributed by atoms with E-state index in [1.807, 2.05) is 42.5 Å². The molecule has 1 unspecified atom stereocenters. The summed E-state index contributed by atoms with van der Waals surface area (Å²) in [6.07, 6.45) is 0. The van der Waals surface area contributed by atoms with E-state index in [4.69, 9.17) is 16.3 Å². The molecule has 0 aliphatic carbocycles. The van der Waals surface area contributed by atoms with Crippen LogP contribution in [0.5, 0.6) is 0 Å². The van der Waals surface area contributed by atoms with Crippen LogP contribution in [-0.2, 0) is 10.5 Å². The van der Waals surface area contributed by atoms with Gasteiger partial charge in [-0.2, -0.15) is 0 Å². The van der Waals surface area contributed by atoms with Crippen LogP contribution in [0.3, 0.4) is 0 Å². The van der Waals surface area contributed by atoms with Gasteiger partial charge in [-0.15, -0.1) is 0 Å². The van der Waals surface area contributed by atoms with E-state index in [9.17, 15) is 4.79 Å². The van der Waals surface area contributed by atoms with E-state index in [1.54, 1.807) is 11.0 Å². The second-order valence-corrected chi connectivity index (χ2v) is 5.57. The number of benzene rings is 2. The first-order valence-corrected chi connectivity index (χ1v) is 7.18. The van der Waals surface area contributed by atoms with Gasteiger partial charge in [-0.1, -0.05) is 41.9 Å². The van der Waals surface area contributed by atoms with Crippen molar-refractivity contribution < 1.29 is 9.53 Å². The fourth-order valence-corrected chi connectivity index (χ4v) is 3.31. The van der Waals surface area contributed by atoms with Crippen molar-refractivity contribution in [3.05, 3.63) is 64.7 Å². The second-order valence-electron chi connectivity index (χ2n) is 5.13. The van der Waals surface area contributed by atoms with Crippen LogP contribution in [0.4, 0.5) is 10.5 Å². The number of nitrogens with one attached hydrogen (secondary N) is 1. The molecule has 0 bridgehead atoms. The van der Waals surface area contributed by atoms with Gasteiger partial charge in [0.2, 0.25) is 0 Å². The molecule has 2 aromatic rings. The Hall–Kier alpha value is -2.04. The van der Waals surface area contributed by atoms with E-state index >= 15 is 0 Å². The number of carbonyl (C=O) groups excluding carboxylic acids is 1. The van der Waals surface area contributed by atoms with Crippen LogP contribution in [0.2, 0.25) is 5.02 Å². The van der Waals surface area contributed by atoms with E-state index < -0.39 is 5.72 Å². The zero-order chi connectivity index (χ0) is 14.4. The molecule has 21 heavy (non-hydrogen) atoms. The van der Waals surface area contributed by atoms with Crippen LogP contribution in [-0.4, -0.2) is 24.1 Å². The molecule has 0 aromatic heterocycles. The molecule has 0 saturated carbocycles.